The van der Waals surface area contributed by atoms with Crippen LogP contribution in [0.15, 0.2) is 24.4 Å². The van der Waals surface area contributed by atoms with Crippen molar-refractivity contribution in [2.24, 2.45) is 7.05 Å². The molecule has 0 spiro atoms. The lowest BCUT2D eigenvalue weighted by molar-refractivity contribution is 0.587. The third kappa shape index (κ3) is 2.26. The normalized spacial score (nSPS) is 15.0. The number of hydrogen-bond donors (Lipinski definition) is 1. The van der Waals surface area contributed by atoms with Gasteiger partial charge in [-0.15, -0.1) is 5.10 Å². The lowest BCUT2D eigenvalue weighted by atomic mass is 10.1. The van der Waals surface area contributed by atoms with Gasteiger partial charge in [-0.1, -0.05) is 5.21 Å². The fourth-order valence-electron chi connectivity index (χ4n) is 1.96. The van der Waals surface area contributed by atoms with Gasteiger partial charge >= 0.3 is 0 Å². The van der Waals surface area contributed by atoms with Crippen LogP contribution in [0, 0.1) is 5.82 Å². The maximum absolute atomic E-state index is 13.7. The highest BCUT2D eigenvalue weighted by Crippen LogP contribution is 2.23. The monoisotopic (exact) mass is 246 g/mol. The highest BCUT2D eigenvalue weighted by molar-refractivity contribution is 5.59. The van der Waals surface area contributed by atoms with Crippen molar-refractivity contribution in [1.82, 2.24) is 20.3 Å². The zero-order valence-electron chi connectivity index (χ0n) is 10.2. The molecule has 0 amide bonds. The van der Waals surface area contributed by atoms with Crippen molar-refractivity contribution in [3.8, 4) is 11.3 Å². The van der Waals surface area contributed by atoms with Gasteiger partial charge in [-0.25, -0.2) is 9.07 Å². The first-order chi connectivity index (χ1) is 8.74. The predicted molar refractivity (Wildman–Crippen MR) is 66.3 cm³/mol. The SMILES string of the molecule is Cn1nncc1-c1ccc(F)c(CNC2CC2)c1. The van der Waals surface area contributed by atoms with Crippen LogP contribution in [-0.4, -0.2) is 21.0 Å². The molecule has 1 aliphatic carbocycles. The lowest BCUT2D eigenvalue weighted by Gasteiger charge is -2.07. The Morgan fingerprint density at radius 2 is 2.28 bits per heavy atom. The zero-order chi connectivity index (χ0) is 12.5. The topological polar surface area (TPSA) is 42.7 Å². The van der Waals surface area contributed by atoms with E-state index in [4.69, 9.17) is 0 Å². The van der Waals surface area contributed by atoms with E-state index in [1.165, 1.54) is 18.9 Å². The van der Waals surface area contributed by atoms with Gasteiger partial charge in [0.25, 0.3) is 0 Å². The third-order valence-electron chi connectivity index (χ3n) is 3.21. The number of aromatic nitrogens is 3. The standard InChI is InChI=1S/C13H15FN4/c1-18-13(8-16-17-18)9-2-5-12(14)10(6-9)7-15-11-3-4-11/h2,5-6,8,11,15H,3-4,7H2,1H3. The average Bonchev–Trinajstić information content (AvgIpc) is 3.10. The molecule has 1 heterocycles. The van der Waals surface area contributed by atoms with Gasteiger partial charge in [-0.05, 0) is 31.0 Å². The molecule has 2 aromatic rings. The van der Waals surface area contributed by atoms with Crippen molar-refractivity contribution in [3.05, 3.63) is 35.8 Å². The summed E-state index contributed by atoms with van der Waals surface area (Å²) in [6.45, 7) is 0.579. The molecule has 4 nitrogen and oxygen atoms in total. The molecule has 0 radical (unpaired) electrons. The van der Waals surface area contributed by atoms with Crippen LogP contribution in [0.3, 0.4) is 0 Å². The lowest BCUT2D eigenvalue weighted by Crippen LogP contribution is -2.16. The van der Waals surface area contributed by atoms with Gasteiger partial charge in [0.2, 0.25) is 0 Å². The molecule has 18 heavy (non-hydrogen) atoms. The van der Waals surface area contributed by atoms with Crippen LogP contribution in [0.2, 0.25) is 0 Å². The van der Waals surface area contributed by atoms with Gasteiger partial charge in [-0.2, -0.15) is 0 Å². The molecule has 0 saturated heterocycles. The first-order valence-electron chi connectivity index (χ1n) is 6.11. The fourth-order valence-corrected chi connectivity index (χ4v) is 1.96. The summed E-state index contributed by atoms with van der Waals surface area (Å²) in [7, 11) is 1.83. The van der Waals surface area contributed by atoms with Crippen molar-refractivity contribution in [2.45, 2.75) is 25.4 Å². The Balaban J connectivity index is 1.87. The van der Waals surface area contributed by atoms with E-state index in [1.54, 1.807) is 16.9 Å². The van der Waals surface area contributed by atoms with E-state index in [-0.39, 0.29) is 5.82 Å². The number of hydrogen-bond acceptors (Lipinski definition) is 3. The van der Waals surface area contributed by atoms with Crippen molar-refractivity contribution in [3.63, 3.8) is 0 Å². The first-order valence-corrected chi connectivity index (χ1v) is 6.11. The van der Waals surface area contributed by atoms with Crippen molar-refractivity contribution < 1.29 is 4.39 Å². The fraction of sp³-hybridized carbons (Fsp3) is 0.385. The molecular weight excluding hydrogens is 231 g/mol. The molecule has 1 fully saturated rings. The van der Waals surface area contributed by atoms with Gasteiger partial charge < -0.3 is 5.32 Å². The second-order valence-electron chi connectivity index (χ2n) is 4.70. The number of halogens is 1. The molecule has 0 unspecified atom stereocenters. The van der Waals surface area contributed by atoms with Crippen LogP contribution >= 0.6 is 0 Å². The molecule has 1 aliphatic rings. The number of nitrogens with zero attached hydrogens (tertiary/aromatic N) is 3. The summed E-state index contributed by atoms with van der Waals surface area (Å²) in [5.41, 5.74) is 2.53. The number of nitrogens with one attached hydrogen (secondary N) is 1. The Morgan fingerprint density at radius 1 is 1.44 bits per heavy atom. The Morgan fingerprint density at radius 3 is 2.94 bits per heavy atom. The van der Waals surface area contributed by atoms with Gasteiger partial charge in [0.05, 0.1) is 11.9 Å². The van der Waals surface area contributed by atoms with E-state index < -0.39 is 0 Å². The van der Waals surface area contributed by atoms with Crippen LogP contribution in [-0.2, 0) is 13.6 Å². The molecular formula is C13H15FN4. The van der Waals surface area contributed by atoms with E-state index >= 15 is 0 Å². The quantitative estimate of drug-likeness (QED) is 0.895. The van der Waals surface area contributed by atoms with Crippen molar-refractivity contribution in [1.29, 1.82) is 0 Å². The van der Waals surface area contributed by atoms with Crippen molar-refractivity contribution >= 4 is 0 Å². The van der Waals surface area contributed by atoms with Gasteiger partial charge in [0.15, 0.2) is 0 Å². The molecule has 1 aromatic heterocycles. The smallest absolute Gasteiger partial charge is 0.127 e. The minimum atomic E-state index is -0.165. The second-order valence-corrected chi connectivity index (χ2v) is 4.70. The third-order valence-corrected chi connectivity index (χ3v) is 3.21. The van der Waals surface area contributed by atoms with Gasteiger partial charge in [0, 0.05) is 30.8 Å². The number of rotatable bonds is 4. The van der Waals surface area contributed by atoms with Crippen LogP contribution < -0.4 is 5.32 Å². The average molecular weight is 246 g/mol. The molecule has 1 aromatic carbocycles. The van der Waals surface area contributed by atoms with E-state index in [2.05, 4.69) is 15.6 Å². The van der Waals surface area contributed by atoms with E-state index in [0.29, 0.717) is 18.2 Å². The predicted octanol–water partition coefficient (Wildman–Crippen LogP) is 1.87. The summed E-state index contributed by atoms with van der Waals surface area (Å²) in [5, 5.41) is 11.0. The van der Waals surface area contributed by atoms with E-state index in [0.717, 1.165) is 11.3 Å². The van der Waals surface area contributed by atoms with Gasteiger partial charge in [-0.3, -0.25) is 0 Å². The minimum Gasteiger partial charge on any atom is -0.310 e. The van der Waals surface area contributed by atoms with E-state index in [1.807, 2.05) is 13.1 Å². The summed E-state index contributed by atoms with van der Waals surface area (Å²) >= 11 is 0. The van der Waals surface area contributed by atoms with Crippen molar-refractivity contribution in [2.75, 3.05) is 0 Å². The molecule has 0 bridgehead atoms. The first kappa shape index (κ1) is 11.3. The largest absolute Gasteiger partial charge is 0.310 e. The highest BCUT2D eigenvalue weighted by Gasteiger charge is 2.20. The zero-order valence-corrected chi connectivity index (χ0v) is 10.2. The van der Waals surface area contributed by atoms with Crippen LogP contribution in [0.1, 0.15) is 18.4 Å². The molecule has 1 N–H and O–H groups in total. The second kappa shape index (κ2) is 4.49. The van der Waals surface area contributed by atoms with E-state index in [9.17, 15) is 4.39 Å². The Labute approximate surface area is 105 Å². The maximum Gasteiger partial charge on any atom is 0.127 e. The molecule has 94 valence electrons. The number of aryl methyl sites for hydroxylation is 1. The summed E-state index contributed by atoms with van der Waals surface area (Å²) in [4.78, 5) is 0. The summed E-state index contributed by atoms with van der Waals surface area (Å²) < 4.78 is 15.4. The number of benzene rings is 1. The Kier molecular flexibility index (Phi) is 2.83. The van der Waals surface area contributed by atoms with Crippen LogP contribution in [0.4, 0.5) is 4.39 Å². The Bertz CT molecular complexity index is 560. The molecule has 1 saturated carbocycles. The minimum absolute atomic E-state index is 0.165. The molecule has 5 heteroatoms. The Hall–Kier alpha value is -1.75. The summed E-state index contributed by atoms with van der Waals surface area (Å²) in [5.74, 6) is -0.165. The van der Waals surface area contributed by atoms with Gasteiger partial charge in [0.1, 0.15) is 5.82 Å². The highest BCUT2D eigenvalue weighted by atomic mass is 19.1. The molecule has 0 atom stereocenters. The van der Waals surface area contributed by atoms with Crippen LogP contribution in [0.5, 0.6) is 0 Å². The summed E-state index contributed by atoms with van der Waals surface area (Å²) in [6, 6.07) is 5.70. The molecule has 3 rings (SSSR count). The summed E-state index contributed by atoms with van der Waals surface area (Å²) in [6.07, 6.45) is 4.09. The van der Waals surface area contributed by atoms with Crippen LogP contribution in [0.25, 0.3) is 11.3 Å². The maximum atomic E-state index is 13.7. The molecule has 0 aliphatic heterocycles.